The molecule has 0 aliphatic carbocycles. The summed E-state index contributed by atoms with van der Waals surface area (Å²) < 4.78 is 3.52. The number of aromatic nitrogens is 5. The highest BCUT2D eigenvalue weighted by atomic mass is 32.1. The van der Waals surface area contributed by atoms with Gasteiger partial charge in [-0.1, -0.05) is 9.59 Å². The molecule has 0 saturated carbocycles. The Morgan fingerprint density at radius 3 is 2.81 bits per heavy atom. The van der Waals surface area contributed by atoms with Gasteiger partial charge in [0.1, 0.15) is 11.5 Å². The number of carbonyl (C=O) groups excluding carboxylic acids is 1. The van der Waals surface area contributed by atoms with Crippen molar-refractivity contribution in [1.82, 2.24) is 24.8 Å². The Bertz CT molecular complexity index is 468. The first-order valence-electron chi connectivity index (χ1n) is 4.26. The van der Waals surface area contributed by atoms with E-state index in [0.717, 1.165) is 11.5 Å². The van der Waals surface area contributed by atoms with Crippen molar-refractivity contribution in [3.8, 4) is 0 Å². The fraction of sp³-hybridized carbons (Fsp3) is 0.143. The molecule has 1 amide bonds. The molecule has 0 aliphatic heterocycles. The van der Waals surface area contributed by atoms with Crippen molar-refractivity contribution in [2.45, 2.75) is 0 Å². The van der Waals surface area contributed by atoms with Gasteiger partial charge in [0, 0.05) is 18.6 Å². The maximum atomic E-state index is 11.6. The zero-order valence-electron chi connectivity index (χ0n) is 8.21. The average molecular weight is 237 g/mol. The Hall–Kier alpha value is -2.16. The molecule has 0 aliphatic rings. The third-order valence-electron chi connectivity index (χ3n) is 1.66. The van der Waals surface area contributed by atoms with E-state index in [-0.39, 0.29) is 5.69 Å². The second-order valence-corrected chi connectivity index (χ2v) is 3.39. The van der Waals surface area contributed by atoms with E-state index in [9.17, 15) is 4.79 Å². The number of amides is 1. The van der Waals surface area contributed by atoms with E-state index in [0.29, 0.717) is 10.9 Å². The monoisotopic (exact) mass is 237 g/mol. The molecule has 2 N–H and O–H groups in total. The van der Waals surface area contributed by atoms with Crippen molar-refractivity contribution in [3.63, 3.8) is 0 Å². The quantitative estimate of drug-likeness (QED) is 0.774. The fourth-order valence-electron chi connectivity index (χ4n) is 0.917. The topological polar surface area (TPSA) is 106 Å². The van der Waals surface area contributed by atoms with Crippen LogP contribution in [0.15, 0.2) is 12.4 Å². The van der Waals surface area contributed by atoms with Gasteiger partial charge in [0.25, 0.3) is 5.91 Å². The first-order chi connectivity index (χ1) is 7.79. The molecule has 2 aromatic heterocycles. The first kappa shape index (κ1) is 10.4. The zero-order chi connectivity index (χ0) is 11.4. The van der Waals surface area contributed by atoms with Crippen LogP contribution in [0.4, 0.5) is 10.9 Å². The molecule has 0 fully saturated rings. The van der Waals surface area contributed by atoms with Crippen LogP contribution in [0.3, 0.4) is 0 Å². The van der Waals surface area contributed by atoms with Crippen molar-refractivity contribution in [3.05, 3.63) is 18.1 Å². The standard InChI is InChI=1S/C7H7N7OS/c1-8-5-3-9-4(2-10-5)6(15)11-7-12-13-14-16-7/h2-3H,1H3,(H,8,10)(H,11,12,14,15). The summed E-state index contributed by atoms with van der Waals surface area (Å²) in [5.74, 6) is 0.197. The summed E-state index contributed by atoms with van der Waals surface area (Å²) in [6, 6.07) is 0. The molecule has 0 bridgehead atoms. The molecule has 0 atom stereocenters. The Morgan fingerprint density at radius 1 is 1.38 bits per heavy atom. The second kappa shape index (κ2) is 4.57. The van der Waals surface area contributed by atoms with Crippen molar-refractivity contribution < 1.29 is 4.79 Å². The van der Waals surface area contributed by atoms with E-state index in [4.69, 9.17) is 0 Å². The molecule has 0 saturated heterocycles. The molecule has 0 spiro atoms. The summed E-state index contributed by atoms with van der Waals surface area (Å²) in [6.45, 7) is 0. The van der Waals surface area contributed by atoms with Crippen molar-refractivity contribution in [1.29, 1.82) is 0 Å². The summed E-state index contributed by atoms with van der Waals surface area (Å²) in [6.07, 6.45) is 2.84. The molecule has 2 aromatic rings. The van der Waals surface area contributed by atoms with Crippen LogP contribution in [-0.2, 0) is 0 Å². The van der Waals surface area contributed by atoms with Crippen molar-refractivity contribution >= 4 is 28.4 Å². The van der Waals surface area contributed by atoms with Gasteiger partial charge in [-0.25, -0.2) is 9.97 Å². The lowest BCUT2D eigenvalue weighted by atomic mass is 10.4. The number of nitrogens with zero attached hydrogens (tertiary/aromatic N) is 5. The van der Waals surface area contributed by atoms with E-state index in [2.05, 4.69) is 35.4 Å². The molecular weight excluding hydrogens is 230 g/mol. The molecule has 0 radical (unpaired) electrons. The van der Waals surface area contributed by atoms with Crippen LogP contribution in [0.25, 0.3) is 0 Å². The average Bonchev–Trinajstić information content (AvgIpc) is 2.82. The first-order valence-corrected chi connectivity index (χ1v) is 5.03. The molecule has 82 valence electrons. The van der Waals surface area contributed by atoms with Crippen LogP contribution in [0.5, 0.6) is 0 Å². The summed E-state index contributed by atoms with van der Waals surface area (Å²) in [4.78, 5) is 19.5. The summed E-state index contributed by atoms with van der Waals surface area (Å²) in [5, 5.41) is 12.6. The van der Waals surface area contributed by atoms with Gasteiger partial charge in [0.05, 0.1) is 12.4 Å². The normalized spacial score (nSPS) is 9.81. The lowest BCUT2D eigenvalue weighted by molar-refractivity contribution is 0.102. The number of hydrogen-bond donors (Lipinski definition) is 2. The van der Waals surface area contributed by atoms with E-state index in [1.165, 1.54) is 12.4 Å². The predicted molar refractivity (Wildman–Crippen MR) is 57.2 cm³/mol. The van der Waals surface area contributed by atoms with Crippen LogP contribution >= 0.6 is 11.5 Å². The second-order valence-electron chi connectivity index (χ2n) is 2.66. The van der Waals surface area contributed by atoms with E-state index < -0.39 is 5.91 Å². The van der Waals surface area contributed by atoms with Crippen molar-refractivity contribution in [2.75, 3.05) is 17.7 Å². The highest BCUT2D eigenvalue weighted by Crippen LogP contribution is 2.07. The third-order valence-corrected chi connectivity index (χ3v) is 2.17. The number of nitrogens with one attached hydrogen (secondary N) is 2. The fourth-order valence-corrected chi connectivity index (χ4v) is 1.28. The van der Waals surface area contributed by atoms with Gasteiger partial charge in [0.15, 0.2) is 0 Å². The van der Waals surface area contributed by atoms with Gasteiger partial charge in [-0.3, -0.25) is 10.1 Å². The summed E-state index contributed by atoms with van der Waals surface area (Å²) in [5.41, 5.74) is 0.203. The van der Waals surface area contributed by atoms with Crippen LogP contribution in [0.1, 0.15) is 10.5 Å². The van der Waals surface area contributed by atoms with Gasteiger partial charge < -0.3 is 5.32 Å². The Balaban J connectivity index is 2.09. The van der Waals surface area contributed by atoms with Gasteiger partial charge in [0.2, 0.25) is 5.13 Å². The van der Waals surface area contributed by atoms with Crippen LogP contribution in [-0.4, -0.2) is 37.7 Å². The summed E-state index contributed by atoms with van der Waals surface area (Å²) in [7, 11) is 1.72. The van der Waals surface area contributed by atoms with Gasteiger partial charge in [-0.15, -0.1) is 0 Å². The minimum atomic E-state index is -0.395. The van der Waals surface area contributed by atoms with Crippen molar-refractivity contribution in [2.24, 2.45) is 0 Å². The number of anilines is 2. The Morgan fingerprint density at radius 2 is 2.25 bits per heavy atom. The van der Waals surface area contributed by atoms with E-state index in [1.807, 2.05) is 0 Å². The summed E-state index contributed by atoms with van der Waals surface area (Å²) >= 11 is 0.989. The minimum Gasteiger partial charge on any atom is -0.372 e. The SMILES string of the molecule is CNc1cnc(C(=O)Nc2nnns2)cn1. The Kier molecular flexibility index (Phi) is 2.96. The molecule has 8 nitrogen and oxygen atoms in total. The van der Waals surface area contributed by atoms with Gasteiger partial charge in [-0.2, -0.15) is 0 Å². The predicted octanol–water partition coefficient (Wildman–Crippen LogP) is 0.0171. The van der Waals surface area contributed by atoms with E-state index in [1.54, 1.807) is 7.05 Å². The zero-order valence-corrected chi connectivity index (χ0v) is 9.02. The highest BCUT2D eigenvalue weighted by Gasteiger charge is 2.10. The number of hydrogen-bond acceptors (Lipinski definition) is 8. The largest absolute Gasteiger partial charge is 0.372 e. The van der Waals surface area contributed by atoms with Crippen LogP contribution in [0, 0.1) is 0 Å². The van der Waals surface area contributed by atoms with Gasteiger partial charge in [-0.05, 0) is 5.21 Å². The molecular formula is C7H7N7OS. The molecule has 16 heavy (non-hydrogen) atoms. The minimum absolute atomic E-state index is 0.203. The molecule has 2 heterocycles. The Labute approximate surface area is 94.3 Å². The molecule has 2 rings (SSSR count). The molecule has 9 heteroatoms. The van der Waals surface area contributed by atoms with Crippen LogP contribution < -0.4 is 10.6 Å². The third kappa shape index (κ3) is 2.25. The maximum absolute atomic E-state index is 11.6. The van der Waals surface area contributed by atoms with Gasteiger partial charge >= 0.3 is 0 Å². The smallest absolute Gasteiger partial charge is 0.277 e. The lowest BCUT2D eigenvalue weighted by Crippen LogP contribution is -2.14. The van der Waals surface area contributed by atoms with E-state index >= 15 is 0 Å². The maximum Gasteiger partial charge on any atom is 0.277 e. The van der Waals surface area contributed by atoms with Crippen LogP contribution in [0.2, 0.25) is 0 Å². The highest BCUT2D eigenvalue weighted by molar-refractivity contribution is 7.09. The number of carbonyl (C=O) groups is 1. The lowest BCUT2D eigenvalue weighted by Gasteiger charge is -2.00. The molecule has 0 aromatic carbocycles. The number of rotatable bonds is 3. The molecule has 0 unspecified atom stereocenters.